The van der Waals surface area contributed by atoms with Crippen LogP contribution in [-0.2, 0) is 28.8 Å². The van der Waals surface area contributed by atoms with E-state index in [-0.39, 0.29) is 13.1 Å². The zero-order valence-corrected chi connectivity index (χ0v) is 20.7. The van der Waals surface area contributed by atoms with Crippen molar-refractivity contribution in [2.75, 3.05) is 13.1 Å². The van der Waals surface area contributed by atoms with Crippen molar-refractivity contribution in [2.45, 2.75) is 88.9 Å². The van der Waals surface area contributed by atoms with Crippen LogP contribution in [0.1, 0.15) is 46.5 Å². The Morgan fingerprint density at radius 2 is 1.44 bits per heavy atom. The van der Waals surface area contributed by atoms with E-state index in [2.05, 4.69) is 16.0 Å². The Labute approximate surface area is 208 Å². The highest BCUT2D eigenvalue weighted by molar-refractivity contribution is 5.96. The van der Waals surface area contributed by atoms with Crippen molar-refractivity contribution in [2.24, 2.45) is 5.73 Å². The van der Waals surface area contributed by atoms with Crippen molar-refractivity contribution in [3.63, 3.8) is 0 Å². The van der Waals surface area contributed by atoms with Crippen LogP contribution >= 0.6 is 0 Å². The van der Waals surface area contributed by atoms with Crippen molar-refractivity contribution in [1.29, 1.82) is 0 Å². The summed E-state index contributed by atoms with van der Waals surface area (Å²) in [6, 6.07) is -5.41. The van der Waals surface area contributed by atoms with Crippen LogP contribution in [0, 0.1) is 0 Å². The monoisotopic (exact) mass is 512 g/mol. The van der Waals surface area contributed by atoms with Gasteiger partial charge in [-0.25, -0.2) is 0 Å². The molecule has 0 spiro atoms. The number of aliphatic hydroxyl groups excluding tert-OH is 2. The molecule has 0 aliphatic carbocycles. The van der Waals surface area contributed by atoms with Crippen molar-refractivity contribution in [3.05, 3.63) is 0 Å². The van der Waals surface area contributed by atoms with Gasteiger partial charge in [0.15, 0.2) is 0 Å². The maximum Gasteiger partial charge on any atom is 0.248 e. The minimum absolute atomic E-state index is 0.215. The predicted octanol–water partition coefficient (Wildman–Crippen LogP) is -3.68. The molecule has 0 aromatic rings. The van der Waals surface area contributed by atoms with E-state index in [1.807, 2.05) is 0 Å². The second-order valence-electron chi connectivity index (χ2n) is 9.24. The third-order valence-corrected chi connectivity index (χ3v) is 6.50. The molecule has 2 rings (SSSR count). The van der Waals surface area contributed by atoms with Gasteiger partial charge >= 0.3 is 0 Å². The minimum Gasteiger partial charge on any atom is -0.391 e. The molecule has 7 atom stereocenters. The van der Waals surface area contributed by atoms with Gasteiger partial charge in [-0.2, -0.15) is 0 Å². The Hall–Kier alpha value is -3.26. The maximum atomic E-state index is 13.5. The lowest BCUT2D eigenvalue weighted by Gasteiger charge is -2.34. The smallest absolute Gasteiger partial charge is 0.248 e. The van der Waals surface area contributed by atoms with Crippen molar-refractivity contribution in [3.8, 4) is 0 Å². The fourth-order valence-corrected chi connectivity index (χ4v) is 4.48. The lowest BCUT2D eigenvalue weighted by atomic mass is 10.1. The van der Waals surface area contributed by atoms with E-state index < -0.39 is 72.0 Å². The second kappa shape index (κ2) is 12.6. The Morgan fingerprint density at radius 1 is 0.889 bits per heavy atom. The number of primary amides is 1. The Morgan fingerprint density at radius 3 is 1.97 bits per heavy atom. The van der Waals surface area contributed by atoms with Crippen molar-refractivity contribution < 1.29 is 39.0 Å². The van der Waals surface area contributed by atoms with E-state index in [4.69, 9.17) is 5.73 Å². The molecule has 7 N–H and O–H groups in total. The summed E-state index contributed by atoms with van der Waals surface area (Å²) in [5, 5.41) is 27.0. The van der Waals surface area contributed by atoms with Crippen LogP contribution < -0.4 is 21.7 Å². The number of amides is 6. The van der Waals surface area contributed by atoms with Crippen LogP contribution in [0.4, 0.5) is 0 Å². The highest BCUT2D eigenvalue weighted by Gasteiger charge is 2.44. The van der Waals surface area contributed by atoms with Crippen LogP contribution in [0.2, 0.25) is 0 Å². The molecule has 0 radical (unpaired) electrons. The number of hydrogen-bond donors (Lipinski definition) is 6. The molecule has 0 aromatic heterocycles. The second-order valence-corrected chi connectivity index (χ2v) is 9.24. The highest BCUT2D eigenvalue weighted by atomic mass is 16.3. The van der Waals surface area contributed by atoms with E-state index in [0.29, 0.717) is 32.1 Å². The molecule has 2 aliphatic rings. The molecule has 2 aliphatic heterocycles. The lowest BCUT2D eigenvalue weighted by molar-refractivity contribution is -0.149. The number of aliphatic hydroxyl groups is 2. The van der Waals surface area contributed by atoms with E-state index >= 15 is 0 Å². The number of nitrogens with zero attached hydrogens (tertiary/aromatic N) is 2. The number of likely N-dealkylation sites (tertiary alicyclic amines) is 2. The standard InChI is InChI=1S/C22H36N6O8/c1-11(24-10-29)19(33)26-17(13(3)31)22(36)28-9-5-7-15(28)21(35)27-8-4-6-14(27)20(34)25-16(12(2)30)18(23)32/h10-17,30-31H,4-9H2,1-3H3,(H2,23,32)(H,24,29)(H,25,34)(H,26,33)/t11-,12-,13-,14+,15+,16+,17+/m1/s1. The predicted molar refractivity (Wildman–Crippen MR) is 125 cm³/mol. The van der Waals surface area contributed by atoms with E-state index in [9.17, 15) is 39.0 Å². The molecule has 0 aromatic carbocycles. The van der Waals surface area contributed by atoms with Crippen LogP contribution in [0.15, 0.2) is 0 Å². The summed E-state index contributed by atoms with van der Waals surface area (Å²) in [6.07, 6.45) is -0.478. The van der Waals surface area contributed by atoms with Gasteiger partial charge in [0.05, 0.1) is 12.2 Å². The zero-order chi connectivity index (χ0) is 27.2. The first-order valence-corrected chi connectivity index (χ1v) is 12.0. The summed E-state index contributed by atoms with van der Waals surface area (Å²) in [5.74, 6) is -3.34. The Bertz CT molecular complexity index is 865. The molecule has 14 heteroatoms. The van der Waals surface area contributed by atoms with Crippen LogP contribution in [0.25, 0.3) is 0 Å². The molecule has 36 heavy (non-hydrogen) atoms. The molecule has 0 unspecified atom stereocenters. The van der Waals surface area contributed by atoms with Gasteiger partial charge in [-0.3, -0.25) is 28.8 Å². The third kappa shape index (κ3) is 6.69. The molecule has 2 heterocycles. The summed E-state index contributed by atoms with van der Waals surface area (Å²) in [7, 11) is 0. The summed E-state index contributed by atoms with van der Waals surface area (Å²) < 4.78 is 0. The minimum atomic E-state index is -1.35. The first-order chi connectivity index (χ1) is 16.9. The number of rotatable bonds is 11. The van der Waals surface area contributed by atoms with Crippen LogP contribution in [-0.4, -0.2) is 111 Å². The lowest BCUT2D eigenvalue weighted by Crippen LogP contribution is -2.60. The Balaban J connectivity index is 2.16. The van der Waals surface area contributed by atoms with Crippen molar-refractivity contribution >= 4 is 35.9 Å². The van der Waals surface area contributed by atoms with Gasteiger partial charge in [-0.1, -0.05) is 0 Å². The topological polar surface area (TPSA) is 211 Å². The highest BCUT2D eigenvalue weighted by Crippen LogP contribution is 2.26. The fourth-order valence-electron chi connectivity index (χ4n) is 4.48. The Kier molecular flexibility index (Phi) is 10.2. The van der Waals surface area contributed by atoms with Crippen LogP contribution in [0.3, 0.4) is 0 Å². The third-order valence-electron chi connectivity index (χ3n) is 6.50. The van der Waals surface area contributed by atoms with Gasteiger partial charge in [0.25, 0.3) is 0 Å². The molecule has 202 valence electrons. The molecule has 2 fully saturated rings. The summed E-state index contributed by atoms with van der Waals surface area (Å²) in [6.45, 7) is 4.52. The first-order valence-electron chi connectivity index (χ1n) is 12.0. The van der Waals surface area contributed by atoms with E-state index in [0.717, 1.165) is 0 Å². The van der Waals surface area contributed by atoms with Gasteiger partial charge in [0.1, 0.15) is 30.2 Å². The molecule has 14 nitrogen and oxygen atoms in total. The van der Waals surface area contributed by atoms with E-state index in [1.165, 1.54) is 30.6 Å². The average molecular weight is 513 g/mol. The van der Waals surface area contributed by atoms with Gasteiger partial charge in [0, 0.05) is 13.1 Å². The average Bonchev–Trinajstić information content (AvgIpc) is 3.49. The largest absolute Gasteiger partial charge is 0.391 e. The van der Waals surface area contributed by atoms with Gasteiger partial charge in [0.2, 0.25) is 35.9 Å². The number of hydrogen-bond acceptors (Lipinski definition) is 8. The summed E-state index contributed by atoms with van der Waals surface area (Å²) >= 11 is 0. The van der Waals surface area contributed by atoms with Crippen LogP contribution in [0.5, 0.6) is 0 Å². The van der Waals surface area contributed by atoms with Gasteiger partial charge < -0.3 is 41.7 Å². The normalized spacial score (nSPS) is 23.7. The maximum absolute atomic E-state index is 13.5. The molecule has 0 saturated carbocycles. The number of nitrogens with two attached hydrogens (primary N) is 1. The molecule has 6 amide bonds. The molecular weight excluding hydrogens is 476 g/mol. The quantitative estimate of drug-likeness (QED) is 0.151. The van der Waals surface area contributed by atoms with Crippen molar-refractivity contribution in [1.82, 2.24) is 25.8 Å². The molecule has 0 bridgehead atoms. The number of nitrogens with one attached hydrogen (secondary N) is 3. The van der Waals surface area contributed by atoms with E-state index in [1.54, 1.807) is 0 Å². The van der Waals surface area contributed by atoms with Gasteiger partial charge in [-0.15, -0.1) is 0 Å². The number of carbonyl (C=O) groups excluding carboxylic acids is 6. The molecule has 2 saturated heterocycles. The van der Waals surface area contributed by atoms with Gasteiger partial charge in [-0.05, 0) is 46.5 Å². The summed E-state index contributed by atoms with van der Waals surface area (Å²) in [4.78, 5) is 76.7. The summed E-state index contributed by atoms with van der Waals surface area (Å²) in [5.41, 5.74) is 5.24. The fraction of sp³-hybridized carbons (Fsp3) is 0.727. The molecular formula is C22H36N6O8. The zero-order valence-electron chi connectivity index (χ0n) is 20.7. The first kappa shape index (κ1) is 29.0. The SMILES string of the molecule is C[C@@H](NC=O)C(=O)N[C@H](C(=O)N1CCC[C@H]1C(=O)N1CCC[C@H]1C(=O)N[C@H](C(N)=O)[C@@H](C)O)[C@@H](C)O. The number of carbonyl (C=O) groups is 6.